The summed E-state index contributed by atoms with van der Waals surface area (Å²) in [5.74, 6) is -1.59. The van der Waals surface area contributed by atoms with Gasteiger partial charge in [0.2, 0.25) is 0 Å². The van der Waals surface area contributed by atoms with Crippen LogP contribution in [-0.4, -0.2) is 48.2 Å². The zero-order chi connectivity index (χ0) is 25.2. The summed E-state index contributed by atoms with van der Waals surface area (Å²) in [6.07, 6.45) is -0.486. The smallest absolute Gasteiger partial charge is 0.421 e. The molecule has 0 saturated carbocycles. The molecule has 2 aromatic carbocycles. The summed E-state index contributed by atoms with van der Waals surface area (Å²) in [5, 5.41) is 8.71. The van der Waals surface area contributed by atoms with Crippen LogP contribution in [0.1, 0.15) is 30.9 Å². The van der Waals surface area contributed by atoms with Crippen LogP contribution in [0.4, 0.5) is 4.79 Å². The molecule has 1 atom stereocenters. The second-order valence-electron chi connectivity index (χ2n) is 6.96. The van der Waals surface area contributed by atoms with E-state index in [1.807, 2.05) is 60.7 Å². The third-order valence-electron chi connectivity index (χ3n) is 4.11. The van der Waals surface area contributed by atoms with Gasteiger partial charge in [0, 0.05) is 6.42 Å². The van der Waals surface area contributed by atoms with Crippen molar-refractivity contribution in [1.82, 2.24) is 10.9 Å². The molecule has 182 valence electrons. The maximum absolute atomic E-state index is 11.4. The quantitative estimate of drug-likeness (QED) is 0.244. The molecule has 3 N–H and O–H groups in total. The number of hydrazine groups is 1. The Labute approximate surface area is 198 Å². The molecule has 0 saturated heterocycles. The number of aliphatic carboxylic acids is 1. The predicted molar refractivity (Wildman–Crippen MR) is 125 cm³/mol. The highest BCUT2D eigenvalue weighted by atomic mass is 16.6. The van der Waals surface area contributed by atoms with E-state index in [4.69, 9.17) is 14.6 Å². The summed E-state index contributed by atoms with van der Waals surface area (Å²) < 4.78 is 9.89. The second kappa shape index (κ2) is 16.6. The zero-order valence-electron chi connectivity index (χ0n) is 18.9. The lowest BCUT2D eigenvalue weighted by molar-refractivity contribution is -0.145. The van der Waals surface area contributed by atoms with Crippen LogP contribution < -0.4 is 10.9 Å². The molecule has 0 heterocycles. The topological polar surface area (TPSA) is 143 Å². The van der Waals surface area contributed by atoms with Crippen LogP contribution in [0.25, 0.3) is 0 Å². The number of ether oxygens (including phenoxy) is 2. The summed E-state index contributed by atoms with van der Waals surface area (Å²) in [4.78, 5) is 47.1. The Morgan fingerprint density at radius 1 is 0.941 bits per heavy atom. The molecule has 0 aromatic heterocycles. The number of nitrogens with zero attached hydrogens (tertiary/aromatic N) is 1. The van der Waals surface area contributed by atoms with E-state index >= 15 is 0 Å². The first-order chi connectivity index (χ1) is 16.3. The van der Waals surface area contributed by atoms with Crippen molar-refractivity contribution in [3.8, 4) is 0 Å². The van der Waals surface area contributed by atoms with Gasteiger partial charge in [0.15, 0.2) is 0 Å². The van der Waals surface area contributed by atoms with Crippen LogP contribution >= 0.6 is 0 Å². The lowest BCUT2D eigenvalue weighted by atomic mass is 10.1. The first kappa shape index (κ1) is 28.0. The van der Waals surface area contributed by atoms with Crippen molar-refractivity contribution in [3.05, 3.63) is 71.8 Å². The number of amides is 1. The normalized spacial score (nSPS) is 10.6. The molecule has 2 rings (SSSR count). The fourth-order valence-electron chi connectivity index (χ4n) is 2.36. The molecule has 34 heavy (non-hydrogen) atoms. The number of hydrogen-bond acceptors (Lipinski definition) is 8. The average Bonchev–Trinajstić information content (AvgIpc) is 2.83. The van der Waals surface area contributed by atoms with Crippen molar-refractivity contribution in [2.45, 2.75) is 39.0 Å². The number of Topliss-reactive ketones (excluding diaryl/α,β-unsaturated/α-hetero) is 1. The first-order valence-electron chi connectivity index (χ1n) is 10.4. The summed E-state index contributed by atoms with van der Waals surface area (Å²) >= 11 is 0. The number of carbonyl (C=O) groups excluding carboxylic acids is 3. The Hall–Kier alpha value is -4.05. The third kappa shape index (κ3) is 13.4. The van der Waals surface area contributed by atoms with Crippen LogP contribution in [0.5, 0.6) is 0 Å². The molecule has 10 nitrogen and oxygen atoms in total. The zero-order valence-corrected chi connectivity index (χ0v) is 18.9. The van der Waals surface area contributed by atoms with Crippen LogP contribution in [-0.2, 0) is 37.1 Å². The molecule has 0 aliphatic rings. The molecule has 0 aliphatic heterocycles. The number of rotatable bonds is 12. The minimum absolute atomic E-state index is 0.0167. The highest BCUT2D eigenvalue weighted by Crippen LogP contribution is 2.06. The van der Waals surface area contributed by atoms with E-state index in [-0.39, 0.29) is 38.4 Å². The van der Waals surface area contributed by atoms with Crippen LogP contribution in [0.15, 0.2) is 65.7 Å². The fourth-order valence-corrected chi connectivity index (χ4v) is 2.36. The van der Waals surface area contributed by atoms with Crippen molar-refractivity contribution in [2.24, 2.45) is 4.99 Å². The summed E-state index contributed by atoms with van der Waals surface area (Å²) in [6.45, 7) is 5.07. The molecular weight excluding hydrogens is 442 g/mol. The van der Waals surface area contributed by atoms with Gasteiger partial charge in [0.05, 0.1) is 6.54 Å². The van der Waals surface area contributed by atoms with Gasteiger partial charge >= 0.3 is 18.0 Å². The van der Waals surface area contributed by atoms with E-state index in [1.54, 1.807) is 0 Å². The van der Waals surface area contributed by atoms with Crippen LogP contribution in [0, 0.1) is 0 Å². The van der Waals surface area contributed by atoms with Gasteiger partial charge in [0.1, 0.15) is 25.0 Å². The molecule has 0 spiro atoms. The van der Waals surface area contributed by atoms with Crippen molar-refractivity contribution in [2.75, 3.05) is 6.54 Å². The van der Waals surface area contributed by atoms with E-state index in [9.17, 15) is 19.2 Å². The average molecular weight is 472 g/mol. The molecule has 2 aromatic rings. The number of benzene rings is 2. The van der Waals surface area contributed by atoms with Crippen LogP contribution in [0.2, 0.25) is 0 Å². The van der Waals surface area contributed by atoms with Gasteiger partial charge in [-0.05, 0) is 31.2 Å². The number of esters is 1. The minimum Gasteiger partial charge on any atom is -0.480 e. The second-order valence-corrected chi connectivity index (χ2v) is 6.96. The highest BCUT2D eigenvalue weighted by Gasteiger charge is 2.16. The van der Waals surface area contributed by atoms with Crippen molar-refractivity contribution >= 4 is 30.5 Å². The monoisotopic (exact) mass is 471 g/mol. The number of aliphatic imine (C=N–C) groups is 1. The minimum atomic E-state index is -1.08. The van der Waals surface area contributed by atoms with E-state index in [0.717, 1.165) is 11.1 Å². The predicted octanol–water partition coefficient (Wildman–Crippen LogP) is 2.67. The van der Waals surface area contributed by atoms with E-state index in [1.165, 1.54) is 6.92 Å². The largest absolute Gasteiger partial charge is 0.480 e. The van der Waals surface area contributed by atoms with E-state index < -0.39 is 24.1 Å². The fraction of sp³-hybridized carbons (Fsp3) is 0.292. The lowest BCUT2D eigenvalue weighted by Gasteiger charge is -2.07. The molecular formula is C24H29N3O7. The molecule has 0 unspecified atom stereocenters. The van der Waals surface area contributed by atoms with Crippen molar-refractivity contribution < 1.29 is 33.8 Å². The lowest BCUT2D eigenvalue weighted by Crippen LogP contribution is -2.40. The van der Waals surface area contributed by atoms with E-state index in [2.05, 4.69) is 22.6 Å². The number of carboxylic acids is 1. The SMILES string of the molecule is C=N[C@@H](CCC(=O)OCc1ccccc1)C(=O)O.CC(=O)CNNC(=O)OCc1ccccc1. The number of nitrogens with one attached hydrogen (secondary N) is 2. The molecule has 0 aliphatic carbocycles. The van der Waals surface area contributed by atoms with Gasteiger partial charge in [-0.25, -0.2) is 15.0 Å². The Morgan fingerprint density at radius 3 is 1.94 bits per heavy atom. The van der Waals surface area contributed by atoms with E-state index in [0.29, 0.717) is 0 Å². The van der Waals surface area contributed by atoms with Gasteiger partial charge in [-0.2, -0.15) is 0 Å². The maximum Gasteiger partial charge on any atom is 0.421 e. The van der Waals surface area contributed by atoms with Gasteiger partial charge in [-0.3, -0.25) is 20.0 Å². The van der Waals surface area contributed by atoms with Crippen LogP contribution in [0.3, 0.4) is 0 Å². The molecule has 0 radical (unpaired) electrons. The number of carboxylic acid groups (broad SMARTS) is 1. The summed E-state index contributed by atoms with van der Waals surface area (Å²) in [5.41, 5.74) is 6.50. The Morgan fingerprint density at radius 2 is 1.47 bits per heavy atom. The van der Waals surface area contributed by atoms with Gasteiger partial charge < -0.3 is 14.6 Å². The molecule has 0 bridgehead atoms. The maximum atomic E-state index is 11.4. The highest BCUT2D eigenvalue weighted by molar-refractivity contribution is 5.78. The molecule has 0 fully saturated rings. The van der Waals surface area contributed by atoms with Gasteiger partial charge in [-0.1, -0.05) is 60.7 Å². The van der Waals surface area contributed by atoms with Crippen molar-refractivity contribution in [3.63, 3.8) is 0 Å². The Balaban J connectivity index is 0.000000342. The number of carbonyl (C=O) groups is 4. The Kier molecular flexibility index (Phi) is 13.6. The standard InChI is InChI=1S/C13H15NO4.C11H14N2O3/c1-14-11(13(16)17)7-8-12(15)18-9-10-5-3-2-4-6-10;1-9(14)7-12-13-11(15)16-8-10-5-3-2-4-6-10/h2-6,11H,1,7-9H2,(H,16,17);2-6,12H,7-8H2,1H3,(H,13,15)/t11-;/m0./s1. The van der Waals surface area contributed by atoms with Crippen molar-refractivity contribution in [1.29, 1.82) is 0 Å². The Bertz CT molecular complexity index is 921. The summed E-state index contributed by atoms with van der Waals surface area (Å²) in [7, 11) is 0. The van der Waals surface area contributed by atoms with Gasteiger partial charge in [0.25, 0.3) is 0 Å². The third-order valence-corrected chi connectivity index (χ3v) is 4.11. The first-order valence-corrected chi connectivity index (χ1v) is 10.4. The molecule has 1 amide bonds. The summed E-state index contributed by atoms with van der Waals surface area (Å²) in [6, 6.07) is 17.7. The number of hydrogen-bond donors (Lipinski definition) is 3. The molecule has 10 heteroatoms. The van der Waals surface area contributed by atoms with Gasteiger partial charge in [-0.15, -0.1) is 0 Å². The number of ketones is 1.